The summed E-state index contributed by atoms with van der Waals surface area (Å²) >= 11 is 3.40. The van der Waals surface area contributed by atoms with Crippen LogP contribution in [0.2, 0.25) is 0 Å². The van der Waals surface area contributed by atoms with Gasteiger partial charge in [0.25, 0.3) is 5.91 Å². The van der Waals surface area contributed by atoms with Crippen molar-refractivity contribution >= 4 is 27.5 Å². The molecule has 0 atom stereocenters. The largest absolute Gasteiger partial charge is 0.494 e. The van der Waals surface area contributed by atoms with E-state index in [1.807, 2.05) is 37.3 Å². The van der Waals surface area contributed by atoms with Crippen molar-refractivity contribution in [1.82, 2.24) is 0 Å². The molecule has 3 nitrogen and oxygen atoms in total. The number of halogens is 1. The second-order valence-corrected chi connectivity index (χ2v) is 4.75. The maximum atomic E-state index is 12.1. The number of ether oxygens (including phenoxy) is 1. The molecule has 0 saturated carbocycles. The zero-order chi connectivity index (χ0) is 13.7. The summed E-state index contributed by atoms with van der Waals surface area (Å²) in [5.74, 6) is 0.538. The Morgan fingerprint density at radius 2 is 2.00 bits per heavy atom. The lowest BCUT2D eigenvalue weighted by atomic mass is 10.2. The van der Waals surface area contributed by atoms with Crippen LogP contribution in [0.4, 0.5) is 5.69 Å². The molecule has 0 aliphatic heterocycles. The van der Waals surface area contributed by atoms with E-state index in [1.54, 1.807) is 18.2 Å². The van der Waals surface area contributed by atoms with Crippen LogP contribution in [0, 0.1) is 0 Å². The van der Waals surface area contributed by atoms with Crippen LogP contribution in [-0.4, -0.2) is 12.5 Å². The van der Waals surface area contributed by atoms with Gasteiger partial charge in [0.2, 0.25) is 0 Å². The number of anilines is 1. The van der Waals surface area contributed by atoms with E-state index in [4.69, 9.17) is 4.74 Å². The second-order valence-electron chi connectivity index (χ2n) is 3.89. The first-order chi connectivity index (χ1) is 9.20. The lowest BCUT2D eigenvalue weighted by molar-refractivity contribution is 0.102. The van der Waals surface area contributed by atoms with E-state index < -0.39 is 0 Å². The molecule has 0 fully saturated rings. The minimum absolute atomic E-state index is 0.159. The number of amides is 1. The molecule has 2 aromatic carbocycles. The first-order valence-electron chi connectivity index (χ1n) is 5.99. The van der Waals surface area contributed by atoms with E-state index >= 15 is 0 Å². The van der Waals surface area contributed by atoms with Crippen LogP contribution in [0.25, 0.3) is 0 Å². The van der Waals surface area contributed by atoms with Crippen LogP contribution in [0.15, 0.2) is 53.0 Å². The molecule has 0 aromatic heterocycles. The first-order valence-corrected chi connectivity index (χ1v) is 6.78. The molecule has 2 rings (SSSR count). The van der Waals surface area contributed by atoms with Gasteiger partial charge >= 0.3 is 0 Å². The zero-order valence-electron chi connectivity index (χ0n) is 10.5. The molecule has 0 aliphatic carbocycles. The van der Waals surface area contributed by atoms with Crippen molar-refractivity contribution in [2.75, 3.05) is 11.9 Å². The third kappa shape index (κ3) is 3.58. The average molecular weight is 320 g/mol. The van der Waals surface area contributed by atoms with Gasteiger partial charge in [-0.15, -0.1) is 0 Å². The number of nitrogens with one attached hydrogen (secondary N) is 1. The monoisotopic (exact) mass is 319 g/mol. The Balaban J connectivity index is 2.16. The van der Waals surface area contributed by atoms with Gasteiger partial charge in [0.1, 0.15) is 5.75 Å². The van der Waals surface area contributed by atoms with E-state index in [-0.39, 0.29) is 5.91 Å². The van der Waals surface area contributed by atoms with Gasteiger partial charge in [-0.3, -0.25) is 4.79 Å². The SMILES string of the molecule is CCOc1cccc(C(=O)Nc2ccccc2Br)c1. The molecule has 98 valence electrons. The normalized spacial score (nSPS) is 10.0. The third-order valence-corrected chi connectivity index (χ3v) is 3.22. The third-order valence-electron chi connectivity index (χ3n) is 2.53. The molecule has 0 unspecified atom stereocenters. The molecule has 0 radical (unpaired) electrons. The summed E-state index contributed by atoms with van der Waals surface area (Å²) in [6, 6.07) is 14.6. The van der Waals surface area contributed by atoms with Crippen LogP contribution >= 0.6 is 15.9 Å². The summed E-state index contributed by atoms with van der Waals surface area (Å²) in [5.41, 5.74) is 1.32. The van der Waals surface area contributed by atoms with Gasteiger partial charge in [-0.05, 0) is 53.2 Å². The Morgan fingerprint density at radius 3 is 2.74 bits per heavy atom. The highest BCUT2D eigenvalue weighted by atomic mass is 79.9. The number of carbonyl (C=O) groups is 1. The van der Waals surface area contributed by atoms with E-state index in [0.29, 0.717) is 17.9 Å². The molecule has 1 N–H and O–H groups in total. The maximum absolute atomic E-state index is 12.1. The topological polar surface area (TPSA) is 38.3 Å². The van der Waals surface area contributed by atoms with Crippen LogP contribution in [0.3, 0.4) is 0 Å². The van der Waals surface area contributed by atoms with Gasteiger partial charge in [0, 0.05) is 10.0 Å². The molecule has 1 amide bonds. The number of hydrogen-bond donors (Lipinski definition) is 1. The number of rotatable bonds is 4. The quantitative estimate of drug-likeness (QED) is 0.921. The zero-order valence-corrected chi connectivity index (χ0v) is 12.1. The van der Waals surface area contributed by atoms with Crippen molar-refractivity contribution in [2.45, 2.75) is 6.92 Å². The van der Waals surface area contributed by atoms with Gasteiger partial charge in [0.15, 0.2) is 0 Å². The summed E-state index contributed by atoms with van der Waals surface area (Å²) in [4.78, 5) is 12.1. The lowest BCUT2D eigenvalue weighted by Crippen LogP contribution is -2.12. The standard InChI is InChI=1S/C15H14BrNO2/c1-2-19-12-7-5-6-11(10-12)15(18)17-14-9-4-3-8-13(14)16/h3-10H,2H2,1H3,(H,17,18). The fourth-order valence-electron chi connectivity index (χ4n) is 1.65. The number of para-hydroxylation sites is 1. The average Bonchev–Trinajstić information content (AvgIpc) is 2.42. The molecular formula is C15H14BrNO2. The summed E-state index contributed by atoms with van der Waals surface area (Å²) in [5, 5.41) is 2.85. The van der Waals surface area contributed by atoms with Gasteiger partial charge in [-0.2, -0.15) is 0 Å². The molecule has 2 aromatic rings. The summed E-state index contributed by atoms with van der Waals surface area (Å²) in [6.07, 6.45) is 0. The number of carbonyl (C=O) groups excluding carboxylic acids is 1. The number of benzene rings is 2. The van der Waals surface area contributed by atoms with Crippen molar-refractivity contribution in [3.63, 3.8) is 0 Å². The minimum atomic E-state index is -0.159. The molecular weight excluding hydrogens is 306 g/mol. The highest BCUT2D eigenvalue weighted by Gasteiger charge is 2.08. The summed E-state index contributed by atoms with van der Waals surface area (Å²) in [7, 11) is 0. The Morgan fingerprint density at radius 1 is 1.21 bits per heavy atom. The fraction of sp³-hybridized carbons (Fsp3) is 0.133. The predicted octanol–water partition coefficient (Wildman–Crippen LogP) is 4.10. The Labute approximate surface area is 120 Å². The molecule has 19 heavy (non-hydrogen) atoms. The van der Waals surface area contributed by atoms with E-state index in [1.165, 1.54) is 0 Å². The van der Waals surface area contributed by atoms with Gasteiger partial charge in [-0.25, -0.2) is 0 Å². The highest BCUT2D eigenvalue weighted by molar-refractivity contribution is 9.10. The number of hydrogen-bond acceptors (Lipinski definition) is 2. The molecule has 4 heteroatoms. The van der Waals surface area contributed by atoms with Crippen molar-refractivity contribution in [3.8, 4) is 5.75 Å². The fourth-order valence-corrected chi connectivity index (χ4v) is 2.03. The maximum Gasteiger partial charge on any atom is 0.255 e. The minimum Gasteiger partial charge on any atom is -0.494 e. The lowest BCUT2D eigenvalue weighted by Gasteiger charge is -2.08. The van der Waals surface area contributed by atoms with Crippen molar-refractivity contribution < 1.29 is 9.53 Å². The van der Waals surface area contributed by atoms with E-state index in [2.05, 4.69) is 21.2 Å². The van der Waals surface area contributed by atoms with E-state index in [0.717, 1.165) is 10.2 Å². The molecule has 0 saturated heterocycles. The predicted molar refractivity (Wildman–Crippen MR) is 79.7 cm³/mol. The van der Waals surface area contributed by atoms with Gasteiger partial charge < -0.3 is 10.1 Å². The summed E-state index contributed by atoms with van der Waals surface area (Å²) in [6.45, 7) is 2.49. The molecule has 0 aliphatic rings. The van der Waals surface area contributed by atoms with Crippen LogP contribution in [-0.2, 0) is 0 Å². The van der Waals surface area contributed by atoms with Crippen LogP contribution in [0.5, 0.6) is 5.75 Å². The van der Waals surface area contributed by atoms with Crippen LogP contribution in [0.1, 0.15) is 17.3 Å². The molecule has 0 spiro atoms. The van der Waals surface area contributed by atoms with Gasteiger partial charge in [0.05, 0.1) is 12.3 Å². The highest BCUT2D eigenvalue weighted by Crippen LogP contribution is 2.22. The second kappa shape index (κ2) is 6.38. The van der Waals surface area contributed by atoms with Crippen molar-refractivity contribution in [1.29, 1.82) is 0 Å². The van der Waals surface area contributed by atoms with Crippen molar-refractivity contribution in [3.05, 3.63) is 58.6 Å². The Hall–Kier alpha value is -1.81. The Bertz CT molecular complexity index is 584. The van der Waals surface area contributed by atoms with Crippen molar-refractivity contribution in [2.24, 2.45) is 0 Å². The first kappa shape index (κ1) is 13.6. The Kier molecular flexibility index (Phi) is 4.58. The van der Waals surface area contributed by atoms with Crippen LogP contribution < -0.4 is 10.1 Å². The molecule has 0 bridgehead atoms. The van der Waals surface area contributed by atoms with Gasteiger partial charge in [-0.1, -0.05) is 18.2 Å². The van der Waals surface area contributed by atoms with E-state index in [9.17, 15) is 4.79 Å². The summed E-state index contributed by atoms with van der Waals surface area (Å²) < 4.78 is 6.23. The molecule has 0 heterocycles. The smallest absolute Gasteiger partial charge is 0.255 e.